The van der Waals surface area contributed by atoms with Crippen LogP contribution < -0.4 is 56.5 Å². The van der Waals surface area contributed by atoms with Crippen molar-refractivity contribution in [3.05, 3.63) is 11.8 Å². The second-order valence-corrected chi connectivity index (χ2v) is 2.42. The van der Waals surface area contributed by atoms with Crippen LogP contribution in [-0.2, 0) is 0 Å². The first-order valence-corrected chi connectivity index (χ1v) is 2.91. The second-order valence-electron chi connectivity index (χ2n) is 2.42. The fraction of sp³-hybridized carbons (Fsp3) is 0.667. The van der Waals surface area contributed by atoms with E-state index >= 15 is 0 Å². The van der Waals surface area contributed by atoms with Crippen molar-refractivity contribution < 1.29 is 61.6 Å². The van der Waals surface area contributed by atoms with Crippen LogP contribution in [0.3, 0.4) is 0 Å². The molecule has 4 nitrogen and oxygen atoms in total. The molecular formula is C6H13KN2O2. The predicted octanol–water partition coefficient (Wildman–Crippen LogP) is -3.84. The SMILES string of the molecule is CN(C)/C([O-])=C(/O)N(C)C.[K+]. The Morgan fingerprint density at radius 3 is 1.55 bits per heavy atom. The Labute approximate surface area is 110 Å². The van der Waals surface area contributed by atoms with Gasteiger partial charge in [-0.05, 0) is 0 Å². The van der Waals surface area contributed by atoms with Gasteiger partial charge in [0.05, 0.1) is 0 Å². The number of aliphatic hydroxyl groups excluding tert-OH is 1. The Kier molecular flexibility index (Phi) is 7.87. The zero-order valence-corrected chi connectivity index (χ0v) is 10.9. The molecule has 0 aliphatic carbocycles. The second kappa shape index (κ2) is 6.13. The van der Waals surface area contributed by atoms with Crippen molar-refractivity contribution in [3.63, 3.8) is 0 Å². The summed E-state index contributed by atoms with van der Waals surface area (Å²) in [6.07, 6.45) is 0. The summed E-state index contributed by atoms with van der Waals surface area (Å²) < 4.78 is 0. The van der Waals surface area contributed by atoms with Crippen molar-refractivity contribution in [3.8, 4) is 0 Å². The summed E-state index contributed by atoms with van der Waals surface area (Å²) in [5, 5.41) is 19.9. The summed E-state index contributed by atoms with van der Waals surface area (Å²) in [7, 11) is 6.39. The van der Waals surface area contributed by atoms with Crippen LogP contribution in [0.15, 0.2) is 11.8 Å². The average Bonchev–Trinajstić information content (AvgIpc) is 1.84. The first-order valence-electron chi connectivity index (χ1n) is 2.91. The topological polar surface area (TPSA) is 49.8 Å². The number of hydrogen-bond donors (Lipinski definition) is 1. The first kappa shape index (κ1) is 14.1. The van der Waals surface area contributed by atoms with Crippen LogP contribution >= 0.6 is 0 Å². The first-order chi connectivity index (χ1) is 4.46. The van der Waals surface area contributed by atoms with E-state index in [-0.39, 0.29) is 63.2 Å². The fourth-order valence-corrected chi connectivity index (χ4v) is 0.391. The number of aliphatic hydroxyl groups is 1. The van der Waals surface area contributed by atoms with Crippen LogP contribution in [0.2, 0.25) is 0 Å². The maximum atomic E-state index is 10.9. The molecule has 0 aliphatic rings. The molecule has 0 aromatic carbocycles. The summed E-state index contributed by atoms with van der Waals surface area (Å²) in [5.41, 5.74) is 0. The van der Waals surface area contributed by atoms with E-state index in [9.17, 15) is 5.11 Å². The third kappa shape index (κ3) is 4.92. The largest absolute Gasteiger partial charge is 1.00 e. The van der Waals surface area contributed by atoms with Gasteiger partial charge in [-0.1, -0.05) is 0 Å². The van der Waals surface area contributed by atoms with Gasteiger partial charge in [-0.15, -0.1) is 0 Å². The van der Waals surface area contributed by atoms with Crippen LogP contribution in [-0.4, -0.2) is 43.1 Å². The molecule has 0 radical (unpaired) electrons. The molecule has 0 unspecified atom stereocenters. The molecule has 0 aromatic rings. The third-order valence-corrected chi connectivity index (χ3v) is 1.02. The molecule has 0 saturated heterocycles. The Balaban J connectivity index is 0. The van der Waals surface area contributed by atoms with Crippen molar-refractivity contribution in [2.75, 3.05) is 28.2 Å². The zero-order chi connectivity index (χ0) is 8.31. The Morgan fingerprint density at radius 1 is 1.09 bits per heavy atom. The summed E-state index contributed by atoms with van der Waals surface area (Å²) in [5.74, 6) is -0.630. The monoisotopic (exact) mass is 184 g/mol. The van der Waals surface area contributed by atoms with Gasteiger partial charge in [0.2, 0.25) is 0 Å². The molecule has 0 heterocycles. The number of rotatable bonds is 2. The Bertz CT molecular complexity index is 130. The molecule has 1 N–H and O–H groups in total. The summed E-state index contributed by atoms with van der Waals surface area (Å²) >= 11 is 0. The van der Waals surface area contributed by atoms with E-state index in [1.165, 1.54) is 9.80 Å². The van der Waals surface area contributed by atoms with Gasteiger partial charge in [0, 0.05) is 34.1 Å². The number of nitrogens with zero attached hydrogens (tertiary/aromatic N) is 2. The maximum absolute atomic E-state index is 10.9. The van der Waals surface area contributed by atoms with Gasteiger partial charge in [-0.2, -0.15) is 0 Å². The van der Waals surface area contributed by atoms with E-state index in [0.29, 0.717) is 0 Å². The molecule has 0 atom stereocenters. The standard InChI is InChI=1S/C6H14N2O2.K/c1-7(2)5(9)6(10)8(3)4;/h9-10H,1-4H3;/q;+1/p-1/b6-5-;. The van der Waals surface area contributed by atoms with Gasteiger partial charge < -0.3 is 20.0 Å². The molecule has 0 fully saturated rings. The van der Waals surface area contributed by atoms with Crippen LogP contribution in [0, 0.1) is 0 Å². The van der Waals surface area contributed by atoms with E-state index in [1.54, 1.807) is 28.2 Å². The van der Waals surface area contributed by atoms with E-state index in [4.69, 9.17) is 5.11 Å². The third-order valence-electron chi connectivity index (χ3n) is 1.02. The van der Waals surface area contributed by atoms with Gasteiger partial charge in [-0.25, -0.2) is 0 Å². The Morgan fingerprint density at radius 2 is 1.45 bits per heavy atom. The molecule has 0 spiro atoms. The van der Waals surface area contributed by atoms with Crippen LogP contribution in [0.5, 0.6) is 0 Å². The zero-order valence-electron chi connectivity index (χ0n) is 7.75. The minimum atomic E-state index is -0.384. The van der Waals surface area contributed by atoms with E-state index in [0.717, 1.165) is 0 Å². The minimum Gasteiger partial charge on any atom is -0.857 e. The van der Waals surface area contributed by atoms with Crippen LogP contribution in [0.4, 0.5) is 0 Å². The smallest absolute Gasteiger partial charge is 0.857 e. The van der Waals surface area contributed by atoms with E-state index < -0.39 is 0 Å². The molecule has 0 bridgehead atoms. The number of hydrogen-bond acceptors (Lipinski definition) is 4. The summed E-state index contributed by atoms with van der Waals surface area (Å²) in [6, 6.07) is 0. The molecule has 0 aromatic heterocycles. The van der Waals surface area contributed by atoms with E-state index in [1.807, 2.05) is 0 Å². The summed E-state index contributed by atoms with van der Waals surface area (Å²) in [4.78, 5) is 2.68. The Hall–Kier alpha value is 0.576. The maximum Gasteiger partial charge on any atom is 1.00 e. The minimum absolute atomic E-state index is 0. The molecule has 0 saturated carbocycles. The van der Waals surface area contributed by atoms with Crippen molar-refractivity contribution in [2.45, 2.75) is 0 Å². The average molecular weight is 184 g/mol. The normalized spacial score (nSPS) is 11.3. The van der Waals surface area contributed by atoms with Crippen molar-refractivity contribution in [2.24, 2.45) is 0 Å². The van der Waals surface area contributed by atoms with Crippen LogP contribution in [0.1, 0.15) is 0 Å². The predicted molar refractivity (Wildman–Crippen MR) is 37.0 cm³/mol. The van der Waals surface area contributed by atoms with Crippen molar-refractivity contribution in [1.29, 1.82) is 0 Å². The van der Waals surface area contributed by atoms with Gasteiger partial charge in [0.15, 0.2) is 5.88 Å². The molecule has 60 valence electrons. The van der Waals surface area contributed by atoms with Gasteiger partial charge in [-0.3, -0.25) is 0 Å². The van der Waals surface area contributed by atoms with Crippen molar-refractivity contribution >= 4 is 0 Å². The fourth-order valence-electron chi connectivity index (χ4n) is 0.391. The van der Waals surface area contributed by atoms with Crippen molar-refractivity contribution in [1.82, 2.24) is 9.80 Å². The summed E-state index contributed by atoms with van der Waals surface area (Å²) in [6.45, 7) is 0. The molecule has 0 amide bonds. The quantitative estimate of drug-likeness (QED) is 0.353. The van der Waals surface area contributed by atoms with Gasteiger partial charge in [0.25, 0.3) is 0 Å². The van der Waals surface area contributed by atoms with Crippen LogP contribution in [0.25, 0.3) is 0 Å². The molecular weight excluding hydrogens is 171 g/mol. The molecule has 11 heavy (non-hydrogen) atoms. The van der Waals surface area contributed by atoms with Gasteiger partial charge >= 0.3 is 51.4 Å². The van der Waals surface area contributed by atoms with E-state index in [2.05, 4.69) is 0 Å². The van der Waals surface area contributed by atoms with Gasteiger partial charge in [0.1, 0.15) is 0 Å². The molecule has 0 aliphatic heterocycles. The molecule has 5 heteroatoms. The molecule has 0 rings (SSSR count).